The fourth-order valence-corrected chi connectivity index (χ4v) is 4.69. The van der Waals surface area contributed by atoms with Gasteiger partial charge in [0.1, 0.15) is 5.82 Å². The van der Waals surface area contributed by atoms with Gasteiger partial charge in [0.2, 0.25) is 17.7 Å². The van der Waals surface area contributed by atoms with Crippen LogP contribution in [0.2, 0.25) is 0 Å². The van der Waals surface area contributed by atoms with Crippen LogP contribution >= 0.6 is 0 Å². The zero-order valence-electron chi connectivity index (χ0n) is 19.1. The monoisotopic (exact) mass is 472 g/mol. The van der Waals surface area contributed by atoms with Crippen LogP contribution in [0.4, 0.5) is 4.39 Å². The summed E-state index contributed by atoms with van der Waals surface area (Å²) in [5.74, 6) is -1.56. The van der Waals surface area contributed by atoms with Gasteiger partial charge in [-0.25, -0.2) is 9.07 Å². The van der Waals surface area contributed by atoms with Crippen molar-refractivity contribution in [3.63, 3.8) is 0 Å². The number of imide groups is 1. The SMILES string of the molecule is O=C(CCN1C(=O)C2CC=CCC2C1=O)NCc1cn(-c2ccccc2)nc1-c1ccc(F)cc1. The van der Waals surface area contributed by atoms with E-state index in [1.54, 1.807) is 16.8 Å². The first-order valence-corrected chi connectivity index (χ1v) is 11.7. The number of hydrogen-bond acceptors (Lipinski definition) is 4. The Bertz CT molecular complexity index is 1260. The highest BCUT2D eigenvalue weighted by atomic mass is 19.1. The summed E-state index contributed by atoms with van der Waals surface area (Å²) in [6.45, 7) is 0.278. The van der Waals surface area contributed by atoms with Crippen molar-refractivity contribution < 1.29 is 18.8 Å². The lowest BCUT2D eigenvalue weighted by Crippen LogP contribution is -2.35. The zero-order chi connectivity index (χ0) is 24.4. The van der Waals surface area contributed by atoms with Gasteiger partial charge in [0.05, 0.1) is 23.2 Å². The number of likely N-dealkylation sites (tertiary alicyclic amines) is 1. The Morgan fingerprint density at radius 2 is 1.63 bits per heavy atom. The van der Waals surface area contributed by atoms with Crippen LogP contribution in [0.1, 0.15) is 24.8 Å². The van der Waals surface area contributed by atoms with Crippen LogP contribution in [0.5, 0.6) is 0 Å². The molecule has 3 amide bonds. The minimum Gasteiger partial charge on any atom is -0.352 e. The molecule has 1 fully saturated rings. The van der Waals surface area contributed by atoms with E-state index in [9.17, 15) is 18.8 Å². The molecule has 2 heterocycles. The van der Waals surface area contributed by atoms with Crippen LogP contribution in [0, 0.1) is 17.7 Å². The van der Waals surface area contributed by atoms with Crippen LogP contribution in [0.3, 0.4) is 0 Å². The first-order valence-electron chi connectivity index (χ1n) is 11.7. The highest BCUT2D eigenvalue weighted by molar-refractivity contribution is 6.05. The Labute approximate surface area is 202 Å². The number of nitrogens with zero attached hydrogens (tertiary/aromatic N) is 3. The molecule has 3 aromatic rings. The molecule has 1 aliphatic heterocycles. The second-order valence-electron chi connectivity index (χ2n) is 8.80. The van der Waals surface area contributed by atoms with Gasteiger partial charge >= 0.3 is 0 Å². The Morgan fingerprint density at radius 3 is 2.29 bits per heavy atom. The fourth-order valence-electron chi connectivity index (χ4n) is 4.69. The number of amides is 3. The number of allylic oxidation sites excluding steroid dienone is 2. The predicted octanol–water partition coefficient (Wildman–Crippen LogP) is 3.64. The summed E-state index contributed by atoms with van der Waals surface area (Å²) in [6, 6.07) is 15.6. The van der Waals surface area contributed by atoms with Gasteiger partial charge in [-0.05, 0) is 49.2 Å². The van der Waals surface area contributed by atoms with Crippen LogP contribution < -0.4 is 5.32 Å². The number of hydrogen-bond donors (Lipinski definition) is 1. The molecule has 0 spiro atoms. The molecular weight excluding hydrogens is 447 g/mol. The molecule has 2 unspecified atom stereocenters. The number of fused-ring (bicyclic) bond motifs is 1. The molecule has 0 saturated carbocycles. The summed E-state index contributed by atoms with van der Waals surface area (Å²) >= 11 is 0. The highest BCUT2D eigenvalue weighted by Crippen LogP contribution is 2.35. The largest absolute Gasteiger partial charge is 0.352 e. The van der Waals surface area contributed by atoms with Gasteiger partial charge in [-0.1, -0.05) is 30.4 Å². The Hall–Kier alpha value is -4.07. The number of aromatic nitrogens is 2. The van der Waals surface area contributed by atoms with E-state index in [4.69, 9.17) is 0 Å². The third-order valence-corrected chi connectivity index (χ3v) is 6.57. The second-order valence-corrected chi connectivity index (χ2v) is 8.80. The fraction of sp³-hybridized carbons (Fsp3) is 0.259. The molecule has 1 aromatic heterocycles. The standard InChI is InChI=1S/C27H25FN4O3/c28-20-12-10-18(11-13-20)25-19(17-32(30-25)21-6-2-1-3-7-21)16-29-24(33)14-15-31-26(34)22-8-4-5-9-23(22)27(31)35/h1-7,10-13,17,22-23H,8-9,14-16H2,(H,29,33). The van der Waals surface area contributed by atoms with Crippen molar-refractivity contribution in [2.24, 2.45) is 11.8 Å². The number of carbonyl (C=O) groups is 3. The lowest BCUT2D eigenvalue weighted by atomic mass is 9.85. The molecule has 1 saturated heterocycles. The van der Waals surface area contributed by atoms with Crippen LogP contribution in [0.25, 0.3) is 16.9 Å². The molecule has 1 aliphatic carbocycles. The summed E-state index contributed by atoms with van der Waals surface area (Å²) in [6.07, 6.45) is 6.90. The Morgan fingerprint density at radius 1 is 0.971 bits per heavy atom. The quantitative estimate of drug-likeness (QED) is 0.420. The van der Waals surface area contributed by atoms with E-state index in [2.05, 4.69) is 10.4 Å². The smallest absolute Gasteiger partial charge is 0.233 e. The summed E-state index contributed by atoms with van der Waals surface area (Å²) in [7, 11) is 0. The first kappa shape index (κ1) is 22.7. The minimum absolute atomic E-state index is 0.0308. The molecule has 178 valence electrons. The summed E-state index contributed by atoms with van der Waals surface area (Å²) in [5.41, 5.74) is 2.99. The maximum Gasteiger partial charge on any atom is 0.233 e. The maximum absolute atomic E-state index is 13.5. The van der Waals surface area contributed by atoms with E-state index in [-0.39, 0.29) is 54.9 Å². The summed E-state index contributed by atoms with van der Waals surface area (Å²) in [4.78, 5) is 39.1. The first-order chi connectivity index (χ1) is 17.0. The van der Waals surface area contributed by atoms with Crippen molar-refractivity contribution in [3.05, 3.63) is 84.3 Å². The third-order valence-electron chi connectivity index (χ3n) is 6.57. The van der Waals surface area contributed by atoms with Crippen LogP contribution in [-0.4, -0.2) is 38.9 Å². The van der Waals surface area contributed by atoms with Crippen molar-refractivity contribution in [2.75, 3.05) is 6.54 Å². The van der Waals surface area contributed by atoms with E-state index >= 15 is 0 Å². The number of halogens is 1. The lowest BCUT2D eigenvalue weighted by Gasteiger charge is -2.14. The molecule has 2 aromatic carbocycles. The molecular formula is C27H25FN4O3. The Kier molecular flexibility index (Phi) is 6.27. The average molecular weight is 473 g/mol. The topological polar surface area (TPSA) is 84.3 Å². The predicted molar refractivity (Wildman–Crippen MR) is 127 cm³/mol. The number of benzene rings is 2. The van der Waals surface area contributed by atoms with Crippen molar-refractivity contribution in [1.82, 2.24) is 20.0 Å². The van der Waals surface area contributed by atoms with Gasteiger partial charge in [-0.2, -0.15) is 5.10 Å². The minimum atomic E-state index is -0.340. The van der Waals surface area contributed by atoms with Gasteiger partial charge in [0.25, 0.3) is 0 Å². The second kappa shape index (κ2) is 9.66. The maximum atomic E-state index is 13.5. The molecule has 8 heteroatoms. The van der Waals surface area contributed by atoms with E-state index in [1.165, 1.54) is 17.0 Å². The van der Waals surface area contributed by atoms with E-state index in [0.717, 1.165) is 16.8 Å². The van der Waals surface area contributed by atoms with Gasteiger partial charge in [-0.15, -0.1) is 0 Å². The van der Waals surface area contributed by atoms with Gasteiger partial charge < -0.3 is 5.32 Å². The number of carbonyl (C=O) groups excluding carboxylic acids is 3. The lowest BCUT2D eigenvalue weighted by molar-refractivity contribution is -0.140. The van der Waals surface area contributed by atoms with Crippen molar-refractivity contribution in [1.29, 1.82) is 0 Å². The van der Waals surface area contributed by atoms with Crippen LogP contribution in [0.15, 0.2) is 72.9 Å². The number of nitrogens with one attached hydrogen (secondary N) is 1. The molecule has 2 atom stereocenters. The van der Waals surface area contributed by atoms with E-state index in [1.807, 2.05) is 48.7 Å². The zero-order valence-corrected chi connectivity index (χ0v) is 19.1. The van der Waals surface area contributed by atoms with Crippen molar-refractivity contribution >= 4 is 17.7 Å². The summed E-state index contributed by atoms with van der Waals surface area (Å²) < 4.78 is 15.2. The molecule has 35 heavy (non-hydrogen) atoms. The average Bonchev–Trinajstić information content (AvgIpc) is 3.42. The van der Waals surface area contributed by atoms with Crippen LogP contribution in [-0.2, 0) is 20.9 Å². The molecule has 7 nitrogen and oxygen atoms in total. The summed E-state index contributed by atoms with van der Waals surface area (Å²) in [5, 5.41) is 7.54. The van der Waals surface area contributed by atoms with Gasteiger partial charge in [0.15, 0.2) is 0 Å². The molecule has 0 bridgehead atoms. The third kappa shape index (κ3) is 4.64. The van der Waals surface area contributed by atoms with Crippen molar-refractivity contribution in [2.45, 2.75) is 25.8 Å². The number of para-hydroxylation sites is 1. The highest BCUT2D eigenvalue weighted by Gasteiger charge is 2.46. The molecule has 5 rings (SSSR count). The normalized spacial score (nSPS) is 19.2. The Balaban J connectivity index is 1.27. The number of rotatable bonds is 7. The van der Waals surface area contributed by atoms with E-state index in [0.29, 0.717) is 18.5 Å². The van der Waals surface area contributed by atoms with Crippen molar-refractivity contribution in [3.8, 4) is 16.9 Å². The van der Waals surface area contributed by atoms with Gasteiger partial charge in [-0.3, -0.25) is 19.3 Å². The van der Waals surface area contributed by atoms with E-state index < -0.39 is 0 Å². The molecule has 1 N–H and O–H groups in total. The molecule has 2 aliphatic rings. The van der Waals surface area contributed by atoms with Gasteiger partial charge in [0, 0.05) is 36.8 Å². The molecule has 0 radical (unpaired) electrons.